The van der Waals surface area contributed by atoms with Crippen LogP contribution >= 0.6 is 11.8 Å². The topological polar surface area (TPSA) is 75.7 Å². The summed E-state index contributed by atoms with van der Waals surface area (Å²) in [4.78, 5) is 38.1. The first-order valence-electron chi connectivity index (χ1n) is 7.98. The zero-order valence-corrected chi connectivity index (χ0v) is 14.7. The van der Waals surface area contributed by atoms with Crippen molar-refractivity contribution < 1.29 is 19.1 Å². The lowest BCUT2D eigenvalue weighted by Crippen LogP contribution is -2.41. The second-order valence-electron chi connectivity index (χ2n) is 5.65. The van der Waals surface area contributed by atoms with E-state index in [0.717, 1.165) is 17.7 Å². The smallest absolute Gasteiger partial charge is 0.326 e. The SMILES string of the molecule is CCC[C@@H](C)NC(=O)COC(=O)CN1C(=O)CSc2ccccc21. The summed E-state index contributed by atoms with van der Waals surface area (Å²) < 4.78 is 5.00. The van der Waals surface area contributed by atoms with Crippen LogP contribution in [-0.2, 0) is 19.1 Å². The maximum absolute atomic E-state index is 12.1. The van der Waals surface area contributed by atoms with E-state index in [1.54, 1.807) is 6.07 Å². The number of hydrogen-bond donors (Lipinski definition) is 1. The summed E-state index contributed by atoms with van der Waals surface area (Å²) in [5, 5.41) is 2.76. The number of ether oxygens (including phenoxy) is 1. The van der Waals surface area contributed by atoms with E-state index in [9.17, 15) is 14.4 Å². The molecule has 24 heavy (non-hydrogen) atoms. The van der Waals surface area contributed by atoms with Crippen molar-refractivity contribution in [2.75, 3.05) is 23.8 Å². The number of anilines is 1. The zero-order valence-electron chi connectivity index (χ0n) is 13.9. The predicted octanol–water partition coefficient (Wildman–Crippen LogP) is 1.97. The largest absolute Gasteiger partial charge is 0.454 e. The lowest BCUT2D eigenvalue weighted by Gasteiger charge is -2.27. The minimum absolute atomic E-state index is 0.0498. The average Bonchev–Trinajstić information content (AvgIpc) is 2.56. The Morgan fingerprint density at radius 1 is 1.38 bits per heavy atom. The summed E-state index contributed by atoms with van der Waals surface area (Å²) in [6, 6.07) is 7.46. The third kappa shape index (κ3) is 4.99. The number of esters is 1. The number of fused-ring (bicyclic) bond motifs is 1. The summed E-state index contributed by atoms with van der Waals surface area (Å²) in [6.45, 7) is 3.43. The van der Waals surface area contributed by atoms with E-state index in [0.29, 0.717) is 11.4 Å². The third-order valence-corrected chi connectivity index (χ3v) is 4.64. The van der Waals surface area contributed by atoms with Gasteiger partial charge in [0, 0.05) is 10.9 Å². The number of amides is 2. The molecule has 0 bridgehead atoms. The minimum Gasteiger partial charge on any atom is -0.454 e. The summed E-state index contributed by atoms with van der Waals surface area (Å²) >= 11 is 1.45. The zero-order chi connectivity index (χ0) is 17.5. The van der Waals surface area contributed by atoms with Crippen LogP contribution in [0, 0.1) is 0 Å². The van der Waals surface area contributed by atoms with Gasteiger partial charge in [0.1, 0.15) is 6.54 Å². The van der Waals surface area contributed by atoms with Gasteiger partial charge in [0.05, 0.1) is 11.4 Å². The number of nitrogens with zero attached hydrogens (tertiary/aromatic N) is 1. The van der Waals surface area contributed by atoms with E-state index < -0.39 is 5.97 Å². The summed E-state index contributed by atoms with van der Waals surface area (Å²) in [5.74, 6) is -0.774. The maximum atomic E-state index is 12.1. The number of rotatable bonds is 7. The van der Waals surface area contributed by atoms with E-state index in [-0.39, 0.29) is 31.0 Å². The van der Waals surface area contributed by atoms with Gasteiger partial charge < -0.3 is 10.1 Å². The van der Waals surface area contributed by atoms with Crippen molar-refractivity contribution in [2.24, 2.45) is 0 Å². The number of thioether (sulfide) groups is 1. The van der Waals surface area contributed by atoms with Gasteiger partial charge in [0.25, 0.3) is 5.91 Å². The van der Waals surface area contributed by atoms with Crippen molar-refractivity contribution in [3.63, 3.8) is 0 Å². The highest BCUT2D eigenvalue weighted by Gasteiger charge is 2.26. The molecule has 0 spiro atoms. The van der Waals surface area contributed by atoms with Crippen LogP contribution in [0.25, 0.3) is 0 Å². The van der Waals surface area contributed by atoms with Crippen molar-refractivity contribution in [3.05, 3.63) is 24.3 Å². The fourth-order valence-corrected chi connectivity index (χ4v) is 3.41. The second-order valence-corrected chi connectivity index (χ2v) is 6.67. The van der Waals surface area contributed by atoms with Gasteiger partial charge in [-0.05, 0) is 25.5 Å². The first-order valence-corrected chi connectivity index (χ1v) is 8.97. The van der Waals surface area contributed by atoms with Crippen LogP contribution in [0.2, 0.25) is 0 Å². The van der Waals surface area contributed by atoms with Crippen molar-refractivity contribution in [1.29, 1.82) is 0 Å². The second kappa shape index (κ2) is 8.73. The predicted molar refractivity (Wildman–Crippen MR) is 93.0 cm³/mol. The molecule has 0 radical (unpaired) electrons. The van der Waals surface area contributed by atoms with Gasteiger partial charge in [0.15, 0.2) is 6.61 Å². The third-order valence-electron chi connectivity index (χ3n) is 3.59. The first-order chi connectivity index (χ1) is 11.5. The minimum atomic E-state index is -0.594. The molecule has 1 aliphatic heterocycles. The molecule has 6 nitrogen and oxygen atoms in total. The molecule has 130 valence electrons. The molecule has 1 aromatic rings. The highest BCUT2D eigenvalue weighted by Crippen LogP contribution is 2.34. The normalized spacial score (nSPS) is 14.8. The Morgan fingerprint density at radius 2 is 2.12 bits per heavy atom. The van der Waals surface area contributed by atoms with Crippen LogP contribution < -0.4 is 10.2 Å². The number of hydrogen-bond acceptors (Lipinski definition) is 5. The van der Waals surface area contributed by atoms with E-state index >= 15 is 0 Å². The monoisotopic (exact) mass is 350 g/mol. The lowest BCUT2D eigenvalue weighted by atomic mass is 10.2. The molecule has 0 fully saturated rings. The molecule has 0 aliphatic carbocycles. The van der Waals surface area contributed by atoms with Gasteiger partial charge in [-0.2, -0.15) is 0 Å². The summed E-state index contributed by atoms with van der Waals surface area (Å²) in [6.07, 6.45) is 1.84. The van der Waals surface area contributed by atoms with Gasteiger partial charge in [0.2, 0.25) is 5.91 Å². The van der Waals surface area contributed by atoms with Crippen LogP contribution in [-0.4, -0.2) is 42.7 Å². The molecule has 1 N–H and O–H groups in total. The molecule has 1 atom stereocenters. The Bertz CT molecular complexity index is 620. The molecule has 1 heterocycles. The van der Waals surface area contributed by atoms with Crippen molar-refractivity contribution in [2.45, 2.75) is 37.6 Å². The first kappa shape index (κ1) is 18.3. The molecule has 0 unspecified atom stereocenters. The Kier molecular flexibility index (Phi) is 6.66. The van der Waals surface area contributed by atoms with Gasteiger partial charge in [-0.15, -0.1) is 11.8 Å². The van der Waals surface area contributed by atoms with E-state index in [2.05, 4.69) is 5.32 Å². The molecule has 1 aliphatic rings. The molecule has 0 aromatic heterocycles. The van der Waals surface area contributed by atoms with Gasteiger partial charge >= 0.3 is 5.97 Å². The number of benzene rings is 1. The number of carbonyl (C=O) groups excluding carboxylic acids is 3. The standard InChI is InChI=1S/C17H22N2O4S/c1-3-6-12(2)18-15(20)10-23-17(22)9-19-13-7-4-5-8-14(13)24-11-16(19)21/h4-5,7-8,12H,3,6,9-11H2,1-2H3,(H,18,20)/t12-/m1/s1. The van der Waals surface area contributed by atoms with Gasteiger partial charge in [-0.25, -0.2) is 0 Å². The van der Waals surface area contributed by atoms with Crippen LogP contribution in [0.15, 0.2) is 29.2 Å². The number of para-hydroxylation sites is 1. The molecule has 2 amide bonds. The van der Waals surface area contributed by atoms with Gasteiger partial charge in [-0.3, -0.25) is 19.3 Å². The van der Waals surface area contributed by atoms with Crippen molar-refractivity contribution >= 4 is 35.2 Å². The fourth-order valence-electron chi connectivity index (χ4n) is 2.47. The van der Waals surface area contributed by atoms with E-state index in [1.807, 2.05) is 32.0 Å². The molecule has 2 rings (SSSR count). The van der Waals surface area contributed by atoms with Crippen LogP contribution in [0.3, 0.4) is 0 Å². The molecular weight excluding hydrogens is 328 g/mol. The summed E-state index contributed by atoms with van der Waals surface area (Å²) in [7, 11) is 0. The Labute approximate surface area is 145 Å². The van der Waals surface area contributed by atoms with E-state index in [1.165, 1.54) is 16.7 Å². The fraction of sp³-hybridized carbons (Fsp3) is 0.471. The van der Waals surface area contributed by atoms with Crippen LogP contribution in [0.1, 0.15) is 26.7 Å². The molecule has 0 saturated carbocycles. The number of nitrogens with one attached hydrogen (secondary N) is 1. The Balaban J connectivity index is 1.86. The quantitative estimate of drug-likeness (QED) is 0.761. The van der Waals surface area contributed by atoms with E-state index in [4.69, 9.17) is 4.74 Å². The van der Waals surface area contributed by atoms with Crippen molar-refractivity contribution in [3.8, 4) is 0 Å². The molecule has 0 saturated heterocycles. The molecular formula is C17H22N2O4S. The molecule has 7 heteroatoms. The lowest BCUT2D eigenvalue weighted by molar-refractivity contribution is -0.147. The highest BCUT2D eigenvalue weighted by molar-refractivity contribution is 8.00. The number of carbonyl (C=O) groups is 3. The highest BCUT2D eigenvalue weighted by atomic mass is 32.2. The Morgan fingerprint density at radius 3 is 2.88 bits per heavy atom. The van der Waals surface area contributed by atoms with Crippen LogP contribution in [0.4, 0.5) is 5.69 Å². The van der Waals surface area contributed by atoms with Crippen LogP contribution in [0.5, 0.6) is 0 Å². The van der Waals surface area contributed by atoms with Gasteiger partial charge in [-0.1, -0.05) is 25.5 Å². The average molecular weight is 350 g/mol. The molecule has 1 aromatic carbocycles. The Hall–Kier alpha value is -2.02. The maximum Gasteiger partial charge on any atom is 0.326 e. The summed E-state index contributed by atoms with van der Waals surface area (Å²) in [5.41, 5.74) is 0.705. The van der Waals surface area contributed by atoms with Crippen molar-refractivity contribution in [1.82, 2.24) is 5.32 Å².